The SMILES string of the molecule is CC1(C)SC[C@@H](C(=O)N2CCC(CCc3ccccc3)CC2)NC1=O. The molecule has 2 heterocycles. The van der Waals surface area contributed by atoms with Crippen LogP contribution in [0.25, 0.3) is 0 Å². The van der Waals surface area contributed by atoms with Gasteiger partial charge in [0, 0.05) is 18.8 Å². The summed E-state index contributed by atoms with van der Waals surface area (Å²) in [5, 5.41) is 2.91. The van der Waals surface area contributed by atoms with Gasteiger partial charge in [-0.25, -0.2) is 0 Å². The van der Waals surface area contributed by atoms with Crippen LogP contribution in [-0.2, 0) is 16.0 Å². The van der Waals surface area contributed by atoms with Gasteiger partial charge in [0.15, 0.2) is 0 Å². The first-order chi connectivity index (χ1) is 12.0. The van der Waals surface area contributed by atoms with E-state index in [-0.39, 0.29) is 17.9 Å². The van der Waals surface area contributed by atoms with Gasteiger partial charge in [0.25, 0.3) is 0 Å². The van der Waals surface area contributed by atoms with Crippen LogP contribution in [0.2, 0.25) is 0 Å². The fourth-order valence-electron chi connectivity index (χ4n) is 3.54. The van der Waals surface area contributed by atoms with E-state index in [4.69, 9.17) is 0 Å². The Balaban J connectivity index is 1.44. The van der Waals surface area contributed by atoms with E-state index in [9.17, 15) is 9.59 Å². The number of benzene rings is 1. The number of aryl methyl sites for hydroxylation is 1. The van der Waals surface area contributed by atoms with Gasteiger partial charge in [0.05, 0.1) is 4.75 Å². The molecule has 5 heteroatoms. The van der Waals surface area contributed by atoms with Crippen LogP contribution < -0.4 is 5.32 Å². The third kappa shape index (κ3) is 4.57. The molecule has 1 aromatic rings. The van der Waals surface area contributed by atoms with Crippen molar-refractivity contribution in [1.29, 1.82) is 0 Å². The summed E-state index contributed by atoms with van der Waals surface area (Å²) in [4.78, 5) is 26.7. The summed E-state index contributed by atoms with van der Waals surface area (Å²) in [6, 6.07) is 10.2. The van der Waals surface area contributed by atoms with Crippen molar-refractivity contribution in [3.8, 4) is 0 Å². The minimum atomic E-state index is -0.429. The number of thioether (sulfide) groups is 1. The molecule has 0 aliphatic carbocycles. The topological polar surface area (TPSA) is 49.4 Å². The number of likely N-dealkylation sites (tertiary alicyclic amines) is 1. The van der Waals surface area contributed by atoms with Crippen molar-refractivity contribution >= 4 is 23.6 Å². The molecule has 0 unspecified atom stereocenters. The minimum Gasteiger partial charge on any atom is -0.342 e. The zero-order valence-electron chi connectivity index (χ0n) is 15.2. The molecule has 1 N–H and O–H groups in total. The Hall–Kier alpha value is -1.49. The lowest BCUT2D eigenvalue weighted by molar-refractivity contribution is -0.137. The number of rotatable bonds is 4. The van der Waals surface area contributed by atoms with E-state index >= 15 is 0 Å². The Morgan fingerprint density at radius 3 is 2.56 bits per heavy atom. The van der Waals surface area contributed by atoms with Crippen LogP contribution in [-0.4, -0.2) is 46.3 Å². The largest absolute Gasteiger partial charge is 0.342 e. The molecule has 1 aromatic carbocycles. The molecule has 0 saturated carbocycles. The van der Waals surface area contributed by atoms with E-state index in [1.807, 2.05) is 18.7 Å². The first-order valence-corrected chi connectivity index (χ1v) is 10.2. The van der Waals surface area contributed by atoms with Crippen LogP contribution >= 0.6 is 11.8 Å². The molecule has 2 amide bonds. The van der Waals surface area contributed by atoms with Crippen LogP contribution in [0.4, 0.5) is 0 Å². The molecule has 2 aliphatic rings. The summed E-state index contributed by atoms with van der Waals surface area (Å²) >= 11 is 1.58. The second-order valence-corrected chi connectivity index (χ2v) is 9.28. The average Bonchev–Trinajstić information content (AvgIpc) is 2.63. The summed E-state index contributed by atoms with van der Waals surface area (Å²) in [5.41, 5.74) is 1.39. The smallest absolute Gasteiger partial charge is 0.246 e. The van der Waals surface area contributed by atoms with Gasteiger partial charge in [-0.3, -0.25) is 9.59 Å². The second-order valence-electron chi connectivity index (χ2n) is 7.64. The first kappa shape index (κ1) is 18.3. The van der Waals surface area contributed by atoms with Crippen molar-refractivity contribution in [3.05, 3.63) is 35.9 Å². The van der Waals surface area contributed by atoms with Gasteiger partial charge in [0.1, 0.15) is 6.04 Å². The summed E-state index contributed by atoms with van der Waals surface area (Å²) in [6.45, 7) is 5.45. The number of piperidine rings is 1. The summed E-state index contributed by atoms with van der Waals surface area (Å²) in [6.07, 6.45) is 4.44. The average molecular weight is 361 g/mol. The molecule has 136 valence electrons. The number of nitrogens with one attached hydrogen (secondary N) is 1. The van der Waals surface area contributed by atoms with E-state index in [1.165, 1.54) is 12.0 Å². The third-order valence-corrected chi connectivity index (χ3v) is 6.78. The van der Waals surface area contributed by atoms with Gasteiger partial charge in [-0.05, 0) is 51.0 Å². The van der Waals surface area contributed by atoms with Crippen LogP contribution in [0.1, 0.15) is 38.7 Å². The molecular formula is C20H28N2O2S. The quantitative estimate of drug-likeness (QED) is 0.898. The molecular weight excluding hydrogens is 332 g/mol. The number of hydrogen-bond acceptors (Lipinski definition) is 3. The zero-order valence-corrected chi connectivity index (χ0v) is 16.0. The van der Waals surface area contributed by atoms with Crippen LogP contribution in [0.15, 0.2) is 30.3 Å². The number of nitrogens with zero attached hydrogens (tertiary/aromatic N) is 1. The normalized spacial score (nSPS) is 24.0. The van der Waals surface area contributed by atoms with E-state index in [0.717, 1.165) is 32.4 Å². The molecule has 0 bridgehead atoms. The van der Waals surface area contributed by atoms with Crippen LogP contribution in [0.3, 0.4) is 0 Å². The first-order valence-electron chi connectivity index (χ1n) is 9.23. The predicted octanol–water partition coefficient (Wildman–Crippen LogP) is 2.87. The van der Waals surface area contributed by atoms with Gasteiger partial charge in [-0.1, -0.05) is 30.3 Å². The highest BCUT2D eigenvalue weighted by Crippen LogP contribution is 2.30. The summed E-state index contributed by atoms with van der Waals surface area (Å²) < 4.78 is -0.429. The molecule has 4 nitrogen and oxygen atoms in total. The second kappa shape index (κ2) is 7.81. The van der Waals surface area contributed by atoms with E-state index in [0.29, 0.717) is 11.7 Å². The van der Waals surface area contributed by atoms with Crippen LogP contribution in [0, 0.1) is 5.92 Å². The van der Waals surface area contributed by atoms with Crippen molar-refractivity contribution < 1.29 is 9.59 Å². The molecule has 0 aromatic heterocycles. The maximum absolute atomic E-state index is 12.7. The molecule has 0 radical (unpaired) electrons. The van der Waals surface area contributed by atoms with Gasteiger partial charge in [-0.2, -0.15) is 0 Å². The van der Waals surface area contributed by atoms with Gasteiger partial charge >= 0.3 is 0 Å². The van der Waals surface area contributed by atoms with Crippen molar-refractivity contribution in [3.63, 3.8) is 0 Å². The molecule has 25 heavy (non-hydrogen) atoms. The minimum absolute atomic E-state index is 0.0279. The highest BCUT2D eigenvalue weighted by Gasteiger charge is 2.39. The lowest BCUT2D eigenvalue weighted by Crippen LogP contribution is -2.58. The fourth-order valence-corrected chi connectivity index (χ4v) is 4.54. The zero-order chi connectivity index (χ0) is 17.9. The number of hydrogen-bond donors (Lipinski definition) is 1. The Labute approximate surface area is 154 Å². The summed E-state index contributed by atoms with van der Waals surface area (Å²) in [7, 11) is 0. The van der Waals surface area contributed by atoms with Crippen molar-refractivity contribution in [2.75, 3.05) is 18.8 Å². The van der Waals surface area contributed by atoms with Gasteiger partial charge in [-0.15, -0.1) is 11.8 Å². The Bertz CT molecular complexity index is 609. The Morgan fingerprint density at radius 1 is 1.24 bits per heavy atom. The maximum Gasteiger partial charge on any atom is 0.246 e. The lowest BCUT2D eigenvalue weighted by Gasteiger charge is -2.38. The lowest BCUT2D eigenvalue weighted by atomic mass is 9.90. The predicted molar refractivity (Wildman–Crippen MR) is 103 cm³/mol. The van der Waals surface area contributed by atoms with Gasteiger partial charge in [0.2, 0.25) is 11.8 Å². The monoisotopic (exact) mass is 360 g/mol. The molecule has 1 atom stereocenters. The molecule has 2 aliphatic heterocycles. The van der Waals surface area contributed by atoms with Crippen molar-refractivity contribution in [1.82, 2.24) is 10.2 Å². The highest BCUT2D eigenvalue weighted by molar-refractivity contribution is 8.01. The highest BCUT2D eigenvalue weighted by atomic mass is 32.2. The summed E-state index contributed by atoms with van der Waals surface area (Å²) in [5.74, 6) is 1.43. The number of carbonyl (C=O) groups excluding carboxylic acids is 2. The molecule has 2 fully saturated rings. The number of amides is 2. The van der Waals surface area contributed by atoms with E-state index < -0.39 is 4.75 Å². The molecule has 3 rings (SSSR count). The fraction of sp³-hybridized carbons (Fsp3) is 0.600. The molecule has 2 saturated heterocycles. The Kier molecular flexibility index (Phi) is 5.72. The maximum atomic E-state index is 12.7. The third-order valence-electron chi connectivity index (χ3n) is 5.37. The molecule has 0 spiro atoms. The standard InChI is InChI=1S/C20H28N2O2S/c1-20(2)19(24)21-17(14-25-20)18(23)22-12-10-16(11-13-22)9-8-15-6-4-3-5-7-15/h3-7,16-17H,8-14H2,1-2H3,(H,21,24)/t17-/m0/s1. The van der Waals surface area contributed by atoms with E-state index in [1.54, 1.807) is 11.8 Å². The number of carbonyl (C=O) groups is 2. The van der Waals surface area contributed by atoms with Crippen molar-refractivity contribution in [2.45, 2.75) is 50.3 Å². The van der Waals surface area contributed by atoms with Crippen LogP contribution in [0.5, 0.6) is 0 Å². The Morgan fingerprint density at radius 2 is 1.92 bits per heavy atom. The van der Waals surface area contributed by atoms with E-state index in [2.05, 4.69) is 35.6 Å². The van der Waals surface area contributed by atoms with Crippen molar-refractivity contribution in [2.24, 2.45) is 5.92 Å². The van der Waals surface area contributed by atoms with Gasteiger partial charge < -0.3 is 10.2 Å².